The van der Waals surface area contributed by atoms with Crippen molar-refractivity contribution in [1.29, 1.82) is 0 Å². The molecule has 0 saturated heterocycles. The molecule has 44 heavy (non-hydrogen) atoms. The van der Waals surface area contributed by atoms with Crippen LogP contribution >= 0.6 is 15.8 Å². The van der Waals surface area contributed by atoms with Crippen molar-refractivity contribution in [3.63, 3.8) is 0 Å². The lowest BCUT2D eigenvalue weighted by Crippen LogP contribution is -2.40. The Morgan fingerprint density at radius 1 is 0.591 bits per heavy atom. The molecule has 0 heterocycles. The van der Waals surface area contributed by atoms with Crippen LogP contribution in [0.2, 0.25) is 0 Å². The van der Waals surface area contributed by atoms with Gasteiger partial charge < -0.3 is 10.0 Å². The number of aliphatic hydroxyl groups excluding tert-OH is 1. The van der Waals surface area contributed by atoms with Crippen LogP contribution in [0.1, 0.15) is 31.4 Å². The predicted molar refractivity (Wildman–Crippen MR) is 192 cm³/mol. The quantitative estimate of drug-likeness (QED) is 0.172. The van der Waals surface area contributed by atoms with E-state index in [1.54, 1.807) is 0 Å². The molecule has 224 valence electrons. The number of nitrogens with zero attached hydrogens (tertiary/aromatic N) is 1. The van der Waals surface area contributed by atoms with Crippen molar-refractivity contribution >= 4 is 42.4 Å². The van der Waals surface area contributed by atoms with Gasteiger partial charge in [-0.2, -0.15) is 0 Å². The molecule has 0 aromatic heterocycles. The van der Waals surface area contributed by atoms with Gasteiger partial charge in [0.1, 0.15) is 0 Å². The number of aliphatic hydroxyl groups is 1. The van der Waals surface area contributed by atoms with Crippen LogP contribution in [-0.4, -0.2) is 35.8 Å². The molecule has 1 N–H and O–H groups in total. The molecule has 1 aliphatic rings. The minimum Gasteiger partial charge on any atom is -0.388 e. The van der Waals surface area contributed by atoms with Crippen LogP contribution in [0.5, 0.6) is 0 Å². The third-order valence-electron chi connectivity index (χ3n) is 9.46. The zero-order valence-corrected chi connectivity index (χ0v) is 27.7. The number of hydrogen-bond acceptors (Lipinski definition) is 2. The van der Waals surface area contributed by atoms with Gasteiger partial charge in [0.25, 0.3) is 0 Å². The molecule has 1 saturated carbocycles. The van der Waals surface area contributed by atoms with E-state index in [1.807, 2.05) is 0 Å². The van der Waals surface area contributed by atoms with Crippen molar-refractivity contribution in [1.82, 2.24) is 4.90 Å². The lowest BCUT2D eigenvalue weighted by atomic mass is 9.82. The Labute approximate surface area is 266 Å². The van der Waals surface area contributed by atoms with Crippen LogP contribution in [0.25, 0.3) is 0 Å². The fraction of sp³-hybridized carbons (Fsp3) is 0.250. The molecule has 5 aromatic rings. The Kier molecular flexibility index (Phi) is 10.1. The summed E-state index contributed by atoms with van der Waals surface area (Å²) in [7, 11) is 2.87. The Bertz CT molecular complexity index is 1520. The second kappa shape index (κ2) is 14.3. The average molecular weight is 616 g/mol. The smallest absolute Gasteiger partial charge is 0.0834 e. The highest BCUT2D eigenvalue weighted by atomic mass is 31.1. The summed E-state index contributed by atoms with van der Waals surface area (Å²) in [6, 6.07) is 53.0. The second-order valence-corrected chi connectivity index (χ2v) is 16.8. The summed E-state index contributed by atoms with van der Waals surface area (Å²) in [6.45, 7) is 2.35. The average Bonchev–Trinajstić information content (AvgIpc) is 3.51. The minimum atomic E-state index is -0.838. The maximum Gasteiger partial charge on any atom is 0.0834 e. The second-order valence-electron chi connectivity index (χ2n) is 12.1. The summed E-state index contributed by atoms with van der Waals surface area (Å²) in [5.41, 5.74) is 1.46. The first kappa shape index (κ1) is 30.9. The predicted octanol–water partition coefficient (Wildman–Crippen LogP) is 6.96. The monoisotopic (exact) mass is 615 g/mol. The molecule has 0 spiro atoms. The lowest BCUT2D eigenvalue weighted by Gasteiger charge is -2.39. The summed E-state index contributed by atoms with van der Waals surface area (Å²) in [5, 5.41) is 19.5. The van der Waals surface area contributed by atoms with E-state index < -0.39 is 21.9 Å². The van der Waals surface area contributed by atoms with Crippen LogP contribution in [0.15, 0.2) is 146 Å². The third kappa shape index (κ3) is 6.47. The van der Waals surface area contributed by atoms with Crippen molar-refractivity contribution < 1.29 is 5.11 Å². The molecule has 3 unspecified atom stereocenters. The van der Waals surface area contributed by atoms with Gasteiger partial charge in [-0.05, 0) is 93.4 Å². The van der Waals surface area contributed by atoms with Gasteiger partial charge in [0, 0.05) is 12.0 Å². The van der Waals surface area contributed by atoms with E-state index in [2.05, 4.69) is 172 Å². The van der Waals surface area contributed by atoms with Crippen LogP contribution in [0.4, 0.5) is 0 Å². The van der Waals surface area contributed by atoms with E-state index in [0.29, 0.717) is 17.6 Å². The zero-order chi connectivity index (χ0) is 30.5. The third-order valence-corrected chi connectivity index (χ3v) is 15.0. The highest BCUT2D eigenvalue weighted by molar-refractivity contribution is 7.80. The summed E-state index contributed by atoms with van der Waals surface area (Å²) >= 11 is 0. The molecule has 2 nitrogen and oxygen atoms in total. The van der Waals surface area contributed by atoms with Gasteiger partial charge in [0.15, 0.2) is 0 Å². The first-order chi connectivity index (χ1) is 21.5. The first-order valence-corrected chi connectivity index (χ1v) is 18.5. The zero-order valence-electron chi connectivity index (χ0n) is 25.9. The van der Waals surface area contributed by atoms with Crippen LogP contribution in [0.3, 0.4) is 0 Å². The SMILES string of the molecule is C[C@H](C1CCC(P(c2ccccc2)c2ccccc2)C1[C@@H](O)c1ccccc1P(c1ccccc1)c1ccccc1)N(C)C. The highest BCUT2D eigenvalue weighted by Crippen LogP contribution is 2.57. The molecule has 1 aliphatic carbocycles. The number of benzene rings is 5. The van der Waals surface area contributed by atoms with Crippen molar-refractivity contribution in [2.75, 3.05) is 14.1 Å². The Balaban J connectivity index is 1.49. The molecule has 5 aromatic carbocycles. The van der Waals surface area contributed by atoms with E-state index in [9.17, 15) is 5.11 Å². The molecular formula is C40H43NOP2. The maximum atomic E-state index is 12.9. The molecule has 6 rings (SSSR count). The highest BCUT2D eigenvalue weighted by Gasteiger charge is 2.48. The van der Waals surface area contributed by atoms with Gasteiger partial charge in [-0.3, -0.25) is 0 Å². The summed E-state index contributed by atoms with van der Waals surface area (Å²) in [4.78, 5) is 2.35. The van der Waals surface area contributed by atoms with Gasteiger partial charge in [-0.15, -0.1) is 0 Å². The lowest BCUT2D eigenvalue weighted by molar-refractivity contribution is 0.0616. The van der Waals surface area contributed by atoms with E-state index in [0.717, 1.165) is 18.4 Å². The van der Waals surface area contributed by atoms with Gasteiger partial charge in [0.2, 0.25) is 0 Å². The van der Waals surface area contributed by atoms with Crippen molar-refractivity contribution in [3.8, 4) is 0 Å². The van der Waals surface area contributed by atoms with Crippen molar-refractivity contribution in [2.24, 2.45) is 11.8 Å². The van der Waals surface area contributed by atoms with Gasteiger partial charge >= 0.3 is 0 Å². The van der Waals surface area contributed by atoms with Gasteiger partial charge in [-0.1, -0.05) is 146 Å². The summed E-state index contributed by atoms with van der Waals surface area (Å²) in [6.07, 6.45) is 1.67. The largest absolute Gasteiger partial charge is 0.388 e. The van der Waals surface area contributed by atoms with Gasteiger partial charge in [0.05, 0.1) is 6.10 Å². The van der Waals surface area contributed by atoms with Crippen LogP contribution in [-0.2, 0) is 0 Å². The Morgan fingerprint density at radius 3 is 1.50 bits per heavy atom. The molecule has 0 radical (unpaired) electrons. The van der Waals surface area contributed by atoms with Crippen molar-refractivity contribution in [2.45, 2.75) is 37.6 Å². The molecule has 0 aliphatic heterocycles. The van der Waals surface area contributed by atoms with E-state index >= 15 is 0 Å². The number of hydrogen-bond donors (Lipinski definition) is 1. The Morgan fingerprint density at radius 2 is 1.02 bits per heavy atom. The van der Waals surface area contributed by atoms with Gasteiger partial charge in [-0.25, -0.2) is 0 Å². The van der Waals surface area contributed by atoms with E-state index in [4.69, 9.17) is 0 Å². The fourth-order valence-corrected chi connectivity index (χ4v) is 12.8. The fourth-order valence-electron chi connectivity index (χ4n) is 7.16. The maximum absolute atomic E-state index is 12.9. The molecule has 5 atom stereocenters. The van der Waals surface area contributed by atoms with E-state index in [-0.39, 0.29) is 5.92 Å². The minimum absolute atomic E-state index is 0.128. The first-order valence-electron chi connectivity index (χ1n) is 15.8. The number of rotatable bonds is 10. The van der Waals surface area contributed by atoms with Crippen LogP contribution in [0, 0.1) is 11.8 Å². The molecule has 4 heteroatoms. The summed E-state index contributed by atoms with van der Waals surface area (Å²) in [5.74, 6) is 0.513. The molecule has 0 bridgehead atoms. The topological polar surface area (TPSA) is 23.5 Å². The Hall–Kier alpha value is -3.12. The standard InChI is InChI=1S/C40H43NOP2/c1-30(41(2)3)35-28-29-38(44(33-22-12-6-13-23-33)34-24-14-7-15-25-34)39(35)40(42)36-26-16-17-27-37(36)43(31-18-8-4-9-19-31)32-20-10-5-11-21-32/h4-27,30,35,38-40,42H,28-29H2,1-3H3/t30-,35?,38?,39?,40+/m1/s1. The van der Waals surface area contributed by atoms with Crippen molar-refractivity contribution in [3.05, 3.63) is 151 Å². The molecular weight excluding hydrogens is 572 g/mol. The molecule has 0 amide bonds. The summed E-state index contributed by atoms with van der Waals surface area (Å²) < 4.78 is 0. The van der Waals surface area contributed by atoms with E-state index in [1.165, 1.54) is 26.5 Å². The molecule has 1 fully saturated rings. The van der Waals surface area contributed by atoms with Crippen LogP contribution < -0.4 is 26.5 Å². The normalized spacial score (nSPS) is 19.8.